The molecule has 4 aromatic heterocycles. The third kappa shape index (κ3) is 3.57. The zero-order valence-corrected chi connectivity index (χ0v) is 18.6. The molecule has 5 aromatic rings. The molecule has 0 saturated heterocycles. The van der Waals surface area contributed by atoms with Gasteiger partial charge in [0.2, 0.25) is 0 Å². The smallest absolute Gasteiger partial charge is 0.258 e. The fourth-order valence-electron chi connectivity index (χ4n) is 3.95. The SMILES string of the molecule is Cc1cc(-c2cc(C(=O)Nc3ccc4nc[nH]c(=O)c4c3)c3cnn(C(C)C)c3n2)c(C)o1. The number of anilines is 1. The van der Waals surface area contributed by atoms with Crippen molar-refractivity contribution in [2.24, 2.45) is 0 Å². The molecule has 1 aromatic carbocycles. The number of hydrogen-bond donors (Lipinski definition) is 2. The normalized spacial score (nSPS) is 11.5. The topological polar surface area (TPSA) is 119 Å². The van der Waals surface area contributed by atoms with Crippen molar-refractivity contribution in [3.8, 4) is 11.3 Å². The van der Waals surface area contributed by atoms with Gasteiger partial charge in [-0.15, -0.1) is 0 Å². The van der Waals surface area contributed by atoms with Crippen LogP contribution >= 0.6 is 0 Å². The summed E-state index contributed by atoms with van der Waals surface area (Å²) in [6.07, 6.45) is 3.01. The standard InChI is InChI=1S/C24H22N6O3/c1-12(2)30-22-19(10-27-30)17(9-21(29-22)16-7-13(3)33-14(16)4)24(32)28-15-5-6-20-18(8-15)23(31)26-11-25-20/h5-12H,1-4H3,(H,28,32)(H,25,26,31). The van der Waals surface area contributed by atoms with Crippen molar-refractivity contribution < 1.29 is 9.21 Å². The molecule has 166 valence electrons. The number of aromatic amines is 1. The first-order chi connectivity index (χ1) is 15.8. The number of fused-ring (bicyclic) bond motifs is 2. The van der Waals surface area contributed by atoms with E-state index in [1.807, 2.05) is 33.8 Å². The van der Waals surface area contributed by atoms with Crippen LogP contribution in [0.1, 0.15) is 41.8 Å². The summed E-state index contributed by atoms with van der Waals surface area (Å²) < 4.78 is 7.48. The van der Waals surface area contributed by atoms with Crippen molar-refractivity contribution in [3.63, 3.8) is 0 Å². The minimum atomic E-state index is -0.329. The summed E-state index contributed by atoms with van der Waals surface area (Å²) in [6, 6.07) is 8.74. The Morgan fingerprint density at radius 3 is 2.70 bits per heavy atom. The molecular weight excluding hydrogens is 420 g/mol. The molecule has 9 heteroatoms. The number of carbonyl (C=O) groups is 1. The van der Waals surface area contributed by atoms with Gasteiger partial charge in [-0.3, -0.25) is 9.59 Å². The van der Waals surface area contributed by atoms with Crippen LogP contribution in [-0.4, -0.2) is 30.6 Å². The van der Waals surface area contributed by atoms with E-state index in [2.05, 4.69) is 20.4 Å². The molecule has 1 amide bonds. The summed E-state index contributed by atoms with van der Waals surface area (Å²) >= 11 is 0. The fraction of sp³-hybridized carbons (Fsp3) is 0.208. The molecule has 0 aliphatic carbocycles. The Hall–Kier alpha value is -4.27. The lowest BCUT2D eigenvalue weighted by Gasteiger charge is -2.11. The van der Waals surface area contributed by atoms with E-state index in [0.29, 0.717) is 38.9 Å². The third-order valence-corrected chi connectivity index (χ3v) is 5.52. The van der Waals surface area contributed by atoms with Gasteiger partial charge in [-0.05, 0) is 58.0 Å². The molecule has 9 nitrogen and oxygen atoms in total. The highest BCUT2D eigenvalue weighted by atomic mass is 16.3. The first-order valence-electron chi connectivity index (χ1n) is 10.6. The van der Waals surface area contributed by atoms with Gasteiger partial charge in [-0.25, -0.2) is 14.6 Å². The first-order valence-corrected chi connectivity index (χ1v) is 10.6. The van der Waals surface area contributed by atoms with Crippen molar-refractivity contribution in [3.05, 3.63) is 70.3 Å². The second kappa shape index (κ2) is 7.70. The Bertz CT molecular complexity index is 1590. The van der Waals surface area contributed by atoms with E-state index in [-0.39, 0.29) is 17.5 Å². The largest absolute Gasteiger partial charge is 0.466 e. The number of aromatic nitrogens is 5. The zero-order valence-electron chi connectivity index (χ0n) is 18.6. The van der Waals surface area contributed by atoms with Gasteiger partial charge < -0.3 is 14.7 Å². The molecule has 0 aliphatic rings. The highest BCUT2D eigenvalue weighted by Crippen LogP contribution is 2.30. The quantitative estimate of drug-likeness (QED) is 0.426. The third-order valence-electron chi connectivity index (χ3n) is 5.52. The Morgan fingerprint density at radius 2 is 1.97 bits per heavy atom. The number of amides is 1. The zero-order chi connectivity index (χ0) is 23.3. The number of benzene rings is 1. The van der Waals surface area contributed by atoms with E-state index in [4.69, 9.17) is 9.40 Å². The molecule has 0 aliphatic heterocycles. The van der Waals surface area contributed by atoms with E-state index in [9.17, 15) is 9.59 Å². The van der Waals surface area contributed by atoms with Gasteiger partial charge in [0.15, 0.2) is 5.65 Å². The number of pyridine rings is 1. The molecule has 5 rings (SSSR count). The number of rotatable bonds is 4. The maximum atomic E-state index is 13.4. The van der Waals surface area contributed by atoms with Gasteiger partial charge in [0.25, 0.3) is 11.5 Å². The van der Waals surface area contributed by atoms with E-state index >= 15 is 0 Å². The Morgan fingerprint density at radius 1 is 1.15 bits per heavy atom. The number of H-pyrrole nitrogens is 1. The van der Waals surface area contributed by atoms with Crippen LogP contribution in [0.5, 0.6) is 0 Å². The van der Waals surface area contributed by atoms with Crippen molar-refractivity contribution in [1.29, 1.82) is 0 Å². The maximum absolute atomic E-state index is 13.4. The van der Waals surface area contributed by atoms with Gasteiger partial charge in [-0.1, -0.05) is 0 Å². The van der Waals surface area contributed by atoms with Gasteiger partial charge in [0.1, 0.15) is 11.5 Å². The molecule has 0 radical (unpaired) electrons. The van der Waals surface area contributed by atoms with E-state index < -0.39 is 0 Å². The Kier molecular flexibility index (Phi) is 4.81. The summed E-state index contributed by atoms with van der Waals surface area (Å²) in [6.45, 7) is 7.76. The highest BCUT2D eigenvalue weighted by Gasteiger charge is 2.20. The molecule has 4 heterocycles. The van der Waals surface area contributed by atoms with E-state index in [1.54, 1.807) is 35.1 Å². The molecule has 0 saturated carbocycles. The monoisotopic (exact) mass is 442 g/mol. The fourth-order valence-corrected chi connectivity index (χ4v) is 3.95. The second-order valence-corrected chi connectivity index (χ2v) is 8.22. The summed E-state index contributed by atoms with van der Waals surface area (Å²) in [4.78, 5) is 37.0. The Balaban J connectivity index is 1.63. The molecule has 0 spiro atoms. The van der Waals surface area contributed by atoms with Gasteiger partial charge in [0, 0.05) is 17.3 Å². The number of furan rings is 1. The van der Waals surface area contributed by atoms with Crippen LogP contribution in [0, 0.1) is 13.8 Å². The molecule has 0 atom stereocenters. The van der Waals surface area contributed by atoms with Crippen molar-refractivity contribution in [1.82, 2.24) is 24.7 Å². The predicted molar refractivity (Wildman–Crippen MR) is 125 cm³/mol. The minimum absolute atomic E-state index is 0.0630. The number of nitrogens with one attached hydrogen (secondary N) is 2. The van der Waals surface area contributed by atoms with Crippen LogP contribution in [0.2, 0.25) is 0 Å². The number of aryl methyl sites for hydroxylation is 2. The van der Waals surface area contributed by atoms with Gasteiger partial charge in [-0.2, -0.15) is 5.10 Å². The lowest BCUT2D eigenvalue weighted by molar-refractivity contribution is 0.102. The lowest BCUT2D eigenvalue weighted by atomic mass is 10.1. The van der Waals surface area contributed by atoms with Crippen LogP contribution in [0.15, 0.2) is 52.1 Å². The predicted octanol–water partition coefficient (Wildman–Crippen LogP) is 4.38. The Labute approximate surface area is 188 Å². The average molecular weight is 442 g/mol. The molecular formula is C24H22N6O3. The highest BCUT2D eigenvalue weighted by molar-refractivity contribution is 6.13. The van der Waals surface area contributed by atoms with E-state index in [0.717, 1.165) is 17.1 Å². The average Bonchev–Trinajstić information content (AvgIpc) is 3.36. The van der Waals surface area contributed by atoms with Crippen LogP contribution in [0.4, 0.5) is 5.69 Å². The number of carbonyl (C=O) groups excluding carboxylic acids is 1. The van der Waals surface area contributed by atoms with Gasteiger partial charge >= 0.3 is 0 Å². The summed E-state index contributed by atoms with van der Waals surface area (Å²) in [5.74, 6) is 1.16. The molecule has 0 fully saturated rings. The van der Waals surface area contributed by atoms with Crippen LogP contribution in [0.3, 0.4) is 0 Å². The molecule has 0 unspecified atom stereocenters. The van der Waals surface area contributed by atoms with Crippen molar-refractivity contribution in [2.75, 3.05) is 5.32 Å². The van der Waals surface area contributed by atoms with Crippen LogP contribution in [-0.2, 0) is 0 Å². The van der Waals surface area contributed by atoms with Crippen LogP contribution in [0.25, 0.3) is 33.2 Å². The van der Waals surface area contributed by atoms with Crippen molar-refractivity contribution >= 4 is 33.5 Å². The molecule has 33 heavy (non-hydrogen) atoms. The molecule has 0 bridgehead atoms. The maximum Gasteiger partial charge on any atom is 0.258 e. The van der Waals surface area contributed by atoms with E-state index in [1.165, 1.54) is 6.33 Å². The van der Waals surface area contributed by atoms with Crippen molar-refractivity contribution in [2.45, 2.75) is 33.7 Å². The number of nitrogens with zero attached hydrogens (tertiary/aromatic N) is 4. The summed E-state index contributed by atoms with van der Waals surface area (Å²) in [7, 11) is 0. The molecule has 2 N–H and O–H groups in total. The second-order valence-electron chi connectivity index (χ2n) is 8.22. The summed E-state index contributed by atoms with van der Waals surface area (Å²) in [5.41, 5.74) is 3.27. The number of hydrogen-bond acceptors (Lipinski definition) is 6. The van der Waals surface area contributed by atoms with Gasteiger partial charge in [0.05, 0.1) is 40.1 Å². The van der Waals surface area contributed by atoms with Crippen LogP contribution < -0.4 is 10.9 Å². The lowest BCUT2D eigenvalue weighted by Crippen LogP contribution is -2.14. The minimum Gasteiger partial charge on any atom is -0.466 e. The summed E-state index contributed by atoms with van der Waals surface area (Å²) in [5, 5.41) is 8.39. The first kappa shape index (κ1) is 20.6.